The zero-order valence-corrected chi connectivity index (χ0v) is 9.37. The minimum atomic E-state index is -0.164. The van der Waals surface area contributed by atoms with Gasteiger partial charge >= 0.3 is 0 Å². The van der Waals surface area contributed by atoms with Crippen molar-refractivity contribution in [3.05, 3.63) is 29.1 Å². The molecule has 0 bridgehead atoms. The molecule has 0 spiro atoms. The third kappa shape index (κ3) is 0.988. The molecule has 1 aliphatic carbocycles. The second-order valence-electron chi connectivity index (χ2n) is 4.43. The van der Waals surface area contributed by atoms with E-state index in [2.05, 4.69) is 4.90 Å². The summed E-state index contributed by atoms with van der Waals surface area (Å²) in [7, 11) is 3.89. The number of hydrogen-bond donors (Lipinski definition) is 1. The van der Waals surface area contributed by atoms with Crippen LogP contribution in [0.15, 0.2) is 12.3 Å². The van der Waals surface area contributed by atoms with E-state index in [0.717, 1.165) is 24.2 Å². The number of Topliss-reactive ketones (excluding diaryl/α,β-unsaturated/α-hetero) is 1. The lowest BCUT2D eigenvalue weighted by Gasteiger charge is -2.30. The van der Waals surface area contributed by atoms with Gasteiger partial charge in [-0.15, -0.1) is 0 Å². The van der Waals surface area contributed by atoms with Gasteiger partial charge in [0.1, 0.15) is 11.4 Å². The molecule has 3 rings (SSSR count). The minimum Gasteiger partial charge on any atom is -0.374 e. The van der Waals surface area contributed by atoms with Crippen molar-refractivity contribution >= 4 is 17.2 Å². The van der Waals surface area contributed by atoms with Crippen LogP contribution in [0.2, 0.25) is 0 Å². The molecule has 0 saturated heterocycles. The Kier molecular flexibility index (Phi) is 1.67. The van der Waals surface area contributed by atoms with E-state index in [4.69, 9.17) is 5.41 Å². The summed E-state index contributed by atoms with van der Waals surface area (Å²) in [4.78, 5) is 14.1. The van der Waals surface area contributed by atoms with Gasteiger partial charge in [0.2, 0.25) is 5.78 Å². The van der Waals surface area contributed by atoms with E-state index in [-0.39, 0.29) is 11.5 Å². The highest BCUT2D eigenvalue weighted by Gasteiger charge is 2.33. The average molecular weight is 215 g/mol. The van der Waals surface area contributed by atoms with Crippen molar-refractivity contribution in [2.45, 2.75) is 6.42 Å². The summed E-state index contributed by atoms with van der Waals surface area (Å²) in [6, 6.07) is 0. The zero-order valence-electron chi connectivity index (χ0n) is 9.37. The molecule has 4 nitrogen and oxygen atoms in total. The first kappa shape index (κ1) is 9.39. The van der Waals surface area contributed by atoms with Gasteiger partial charge in [0, 0.05) is 38.1 Å². The monoisotopic (exact) mass is 215 g/mol. The van der Waals surface area contributed by atoms with Crippen LogP contribution in [0, 0.1) is 5.41 Å². The molecule has 0 unspecified atom stereocenters. The van der Waals surface area contributed by atoms with Gasteiger partial charge in [-0.3, -0.25) is 10.2 Å². The van der Waals surface area contributed by atoms with Crippen molar-refractivity contribution < 1.29 is 4.79 Å². The van der Waals surface area contributed by atoms with Crippen molar-refractivity contribution in [2.24, 2.45) is 7.05 Å². The molecule has 2 heterocycles. The van der Waals surface area contributed by atoms with Gasteiger partial charge < -0.3 is 9.47 Å². The molecular weight excluding hydrogens is 202 g/mol. The van der Waals surface area contributed by atoms with E-state index in [1.54, 1.807) is 6.08 Å². The Hall–Kier alpha value is -1.84. The second kappa shape index (κ2) is 2.84. The van der Waals surface area contributed by atoms with Crippen molar-refractivity contribution in [1.29, 1.82) is 5.41 Å². The Morgan fingerprint density at radius 2 is 2.12 bits per heavy atom. The van der Waals surface area contributed by atoms with Crippen LogP contribution in [0.5, 0.6) is 0 Å². The third-order valence-electron chi connectivity index (χ3n) is 3.38. The maximum atomic E-state index is 11.9. The van der Waals surface area contributed by atoms with Crippen LogP contribution < -0.4 is 0 Å². The van der Waals surface area contributed by atoms with Gasteiger partial charge in [-0.25, -0.2) is 0 Å². The van der Waals surface area contributed by atoms with E-state index >= 15 is 0 Å². The molecule has 0 amide bonds. The Labute approximate surface area is 93.7 Å². The van der Waals surface area contributed by atoms with Gasteiger partial charge in [0.05, 0.1) is 0 Å². The fourth-order valence-electron chi connectivity index (χ4n) is 2.55. The van der Waals surface area contributed by atoms with Crippen LogP contribution in [0.25, 0.3) is 5.70 Å². The van der Waals surface area contributed by atoms with E-state index in [9.17, 15) is 4.79 Å². The number of hydrogen-bond acceptors (Lipinski definition) is 3. The highest BCUT2D eigenvalue weighted by Crippen LogP contribution is 2.34. The summed E-state index contributed by atoms with van der Waals surface area (Å²) in [5.74, 6) is -0.164. The first-order chi connectivity index (χ1) is 7.59. The molecule has 0 atom stereocenters. The molecule has 2 aliphatic rings. The molecule has 0 aromatic carbocycles. The van der Waals surface area contributed by atoms with Crippen LogP contribution in [0.3, 0.4) is 0 Å². The third-order valence-corrected chi connectivity index (χ3v) is 3.38. The summed E-state index contributed by atoms with van der Waals surface area (Å²) < 4.78 is 1.85. The predicted octanol–water partition coefficient (Wildman–Crippen LogP) is 1.07. The number of carbonyl (C=O) groups excluding carboxylic acids is 1. The maximum absolute atomic E-state index is 11.9. The fourth-order valence-corrected chi connectivity index (χ4v) is 2.55. The SMILES string of the molecule is CN1CCc2cn(C)c3c2C1=CC(=N)C3=O. The van der Waals surface area contributed by atoms with Crippen molar-refractivity contribution in [2.75, 3.05) is 13.6 Å². The number of likely N-dealkylation sites (N-methyl/N-ethyl adjacent to an activating group) is 1. The Balaban J connectivity index is 2.36. The van der Waals surface area contributed by atoms with Crippen LogP contribution in [0.4, 0.5) is 0 Å². The number of ketones is 1. The lowest BCUT2D eigenvalue weighted by molar-refractivity contribution is 0.105. The Morgan fingerprint density at radius 3 is 2.88 bits per heavy atom. The zero-order chi connectivity index (χ0) is 11.4. The van der Waals surface area contributed by atoms with Crippen LogP contribution >= 0.6 is 0 Å². The normalized spacial score (nSPS) is 18.6. The van der Waals surface area contributed by atoms with Gasteiger partial charge in [0.15, 0.2) is 0 Å². The molecule has 0 fully saturated rings. The second-order valence-corrected chi connectivity index (χ2v) is 4.43. The molecule has 0 saturated carbocycles. The van der Waals surface area contributed by atoms with Crippen molar-refractivity contribution in [1.82, 2.24) is 9.47 Å². The topological polar surface area (TPSA) is 49.1 Å². The van der Waals surface area contributed by atoms with Gasteiger partial charge in [-0.2, -0.15) is 0 Å². The van der Waals surface area contributed by atoms with Crippen LogP contribution in [0.1, 0.15) is 21.6 Å². The number of nitrogens with one attached hydrogen (secondary N) is 1. The number of carbonyl (C=O) groups is 1. The number of nitrogens with zero attached hydrogens (tertiary/aromatic N) is 2. The predicted molar refractivity (Wildman–Crippen MR) is 61.8 cm³/mol. The van der Waals surface area contributed by atoms with E-state index in [1.165, 1.54) is 5.56 Å². The first-order valence-electron chi connectivity index (χ1n) is 5.34. The molecule has 4 heteroatoms. The summed E-state index contributed by atoms with van der Waals surface area (Å²) in [6.07, 6.45) is 4.67. The molecule has 1 N–H and O–H groups in total. The molecule has 82 valence electrons. The lowest BCUT2D eigenvalue weighted by Crippen LogP contribution is -2.31. The first-order valence-corrected chi connectivity index (χ1v) is 5.34. The largest absolute Gasteiger partial charge is 0.374 e. The fraction of sp³-hybridized carbons (Fsp3) is 0.333. The van der Waals surface area contributed by atoms with E-state index in [0.29, 0.717) is 5.69 Å². The van der Waals surface area contributed by atoms with Crippen LogP contribution in [-0.4, -0.2) is 34.6 Å². The number of allylic oxidation sites excluding steroid dienone is 1. The van der Waals surface area contributed by atoms with Gasteiger partial charge in [-0.05, 0) is 18.1 Å². The summed E-state index contributed by atoms with van der Waals surface area (Å²) in [6.45, 7) is 0.948. The molecule has 1 aromatic rings. The molecule has 1 aliphatic heterocycles. The van der Waals surface area contributed by atoms with Crippen molar-refractivity contribution in [3.8, 4) is 0 Å². The smallest absolute Gasteiger partial charge is 0.227 e. The molecule has 16 heavy (non-hydrogen) atoms. The molecule has 0 radical (unpaired) electrons. The highest BCUT2D eigenvalue weighted by atomic mass is 16.1. The quantitative estimate of drug-likeness (QED) is 0.703. The number of aryl methyl sites for hydroxylation is 1. The van der Waals surface area contributed by atoms with Gasteiger partial charge in [0.25, 0.3) is 0 Å². The molecule has 1 aromatic heterocycles. The van der Waals surface area contributed by atoms with Crippen LogP contribution in [-0.2, 0) is 13.5 Å². The van der Waals surface area contributed by atoms with Crippen molar-refractivity contribution in [3.63, 3.8) is 0 Å². The highest BCUT2D eigenvalue weighted by molar-refractivity contribution is 6.51. The summed E-state index contributed by atoms with van der Waals surface area (Å²) in [5, 5.41) is 7.71. The maximum Gasteiger partial charge on any atom is 0.227 e. The summed E-state index contributed by atoms with van der Waals surface area (Å²) >= 11 is 0. The number of aromatic nitrogens is 1. The van der Waals surface area contributed by atoms with Gasteiger partial charge in [-0.1, -0.05) is 0 Å². The Morgan fingerprint density at radius 1 is 1.38 bits per heavy atom. The molecular formula is C12H13N3O. The Bertz CT molecular complexity index is 551. The summed E-state index contributed by atoms with van der Waals surface area (Å²) in [5.41, 5.74) is 4.04. The van der Waals surface area contributed by atoms with E-state index < -0.39 is 0 Å². The number of rotatable bonds is 0. The van der Waals surface area contributed by atoms with E-state index in [1.807, 2.05) is 24.9 Å². The standard InChI is InChI=1S/C12H13N3O/c1-14-4-3-7-6-15(2)11-10(7)9(14)5-8(13)12(11)16/h5-6,13H,3-4H2,1-2H3. The lowest BCUT2D eigenvalue weighted by atomic mass is 9.91. The minimum absolute atomic E-state index is 0.0870. The average Bonchev–Trinajstić information content (AvgIpc) is 2.57.